The van der Waals surface area contributed by atoms with Gasteiger partial charge in [0.1, 0.15) is 12.6 Å². The van der Waals surface area contributed by atoms with Crippen molar-refractivity contribution in [3.63, 3.8) is 0 Å². The lowest BCUT2D eigenvalue weighted by Gasteiger charge is -2.28. The maximum Gasteiger partial charge on any atom is 0.313 e. The molecule has 1 saturated heterocycles. The Kier molecular flexibility index (Phi) is 12.0. The third kappa shape index (κ3) is 8.95. The summed E-state index contributed by atoms with van der Waals surface area (Å²) in [4.78, 5) is 64.8. The zero-order valence-electron chi connectivity index (χ0n) is 24.6. The average molecular weight is 669 g/mol. The van der Waals surface area contributed by atoms with Gasteiger partial charge in [-0.2, -0.15) is 8.78 Å². The van der Waals surface area contributed by atoms with Gasteiger partial charge < -0.3 is 26.0 Å². The van der Waals surface area contributed by atoms with E-state index in [1.807, 2.05) is 0 Å². The van der Waals surface area contributed by atoms with Gasteiger partial charge in [-0.1, -0.05) is 55.8 Å². The van der Waals surface area contributed by atoms with Crippen molar-refractivity contribution in [1.29, 1.82) is 0 Å². The van der Waals surface area contributed by atoms with Crippen LogP contribution in [-0.2, 0) is 24.0 Å². The Hall–Kier alpha value is -4.20. The van der Waals surface area contributed by atoms with Gasteiger partial charge in [0.2, 0.25) is 23.4 Å². The molecule has 1 aliphatic heterocycles. The molecule has 2 aromatic rings. The summed E-state index contributed by atoms with van der Waals surface area (Å²) in [6.07, 6.45) is 4.58. The minimum atomic E-state index is -1.85. The van der Waals surface area contributed by atoms with Crippen LogP contribution in [-0.4, -0.2) is 54.6 Å². The smallest absolute Gasteiger partial charge is 0.313 e. The molecular weight excluding hydrogens is 636 g/mol. The van der Waals surface area contributed by atoms with Crippen LogP contribution < -0.4 is 26.0 Å². The van der Waals surface area contributed by atoms with Gasteiger partial charge in [-0.15, -0.1) is 0 Å². The molecule has 0 radical (unpaired) electrons. The number of ketones is 1. The fraction of sp³-hybridized carbons (Fsp3) is 0.452. The molecule has 2 aliphatic rings. The predicted octanol–water partition coefficient (Wildman–Crippen LogP) is 3.95. The van der Waals surface area contributed by atoms with Crippen LogP contribution in [0.25, 0.3) is 0 Å². The number of benzene rings is 2. The van der Waals surface area contributed by atoms with E-state index in [1.54, 1.807) is 12.1 Å². The molecule has 0 bridgehead atoms. The Bertz CT molecular complexity index is 1460. The molecule has 15 heteroatoms. The van der Waals surface area contributed by atoms with Crippen molar-refractivity contribution in [1.82, 2.24) is 16.0 Å². The molecule has 248 valence electrons. The SMILES string of the molecule is O=C(Nc1ccccc1Cl)C(=O)N[C@@H](CC1CCCCC1)C(=O)N[C@@H](C[C@@H]1CCNC1=O)C(=O)COc1c(F)c(F)cc(F)c1F. The van der Waals surface area contributed by atoms with Crippen molar-refractivity contribution in [2.24, 2.45) is 11.8 Å². The number of carbonyl (C=O) groups excluding carboxylic acids is 5. The summed E-state index contributed by atoms with van der Waals surface area (Å²) < 4.78 is 60.4. The Morgan fingerprint density at radius 1 is 0.891 bits per heavy atom. The summed E-state index contributed by atoms with van der Waals surface area (Å²) in [5.41, 5.74) is 0.171. The Labute approximate surface area is 266 Å². The minimum absolute atomic E-state index is 0.0170. The second-order valence-electron chi connectivity index (χ2n) is 11.3. The van der Waals surface area contributed by atoms with Crippen LogP contribution in [0, 0.1) is 35.1 Å². The summed E-state index contributed by atoms with van der Waals surface area (Å²) >= 11 is 6.06. The van der Waals surface area contributed by atoms with Crippen molar-refractivity contribution in [2.75, 3.05) is 18.5 Å². The van der Waals surface area contributed by atoms with Gasteiger partial charge in [0.25, 0.3) is 0 Å². The molecule has 4 amide bonds. The van der Waals surface area contributed by atoms with Crippen LogP contribution in [0.1, 0.15) is 51.4 Å². The molecule has 46 heavy (non-hydrogen) atoms. The highest BCUT2D eigenvalue weighted by molar-refractivity contribution is 6.41. The van der Waals surface area contributed by atoms with Crippen molar-refractivity contribution in [3.05, 3.63) is 58.6 Å². The number of anilines is 1. The molecule has 1 saturated carbocycles. The molecule has 10 nitrogen and oxygen atoms in total. The lowest BCUT2D eigenvalue weighted by molar-refractivity contribution is -0.138. The largest absolute Gasteiger partial charge is 0.479 e. The predicted molar refractivity (Wildman–Crippen MR) is 158 cm³/mol. The highest BCUT2D eigenvalue weighted by Crippen LogP contribution is 2.29. The Morgan fingerprint density at radius 2 is 1.57 bits per heavy atom. The quantitative estimate of drug-likeness (QED) is 0.153. The number of para-hydroxylation sites is 1. The van der Waals surface area contributed by atoms with Gasteiger partial charge in [-0.05, 0) is 37.3 Å². The van der Waals surface area contributed by atoms with Gasteiger partial charge in [0, 0.05) is 18.5 Å². The number of halogens is 5. The Balaban J connectivity index is 1.51. The first-order chi connectivity index (χ1) is 21.9. The molecule has 2 aromatic carbocycles. The standard InChI is InChI=1S/C31H33ClF4N4O6/c32-18-8-4-5-9-21(18)38-30(44)31(45)40-23(12-16-6-2-1-3-7-16)29(43)39-22(13-17-10-11-37-28(17)42)24(41)15-46-27-25(35)19(33)14-20(34)26(27)36/h4-5,8-9,14,16-17,22-23H,1-3,6-7,10-13,15H2,(H,37,42)(H,38,44)(H,39,43)(H,40,45)/t17-,22-,23-/m0/s1. The second-order valence-corrected chi connectivity index (χ2v) is 11.7. The number of amides is 4. The summed E-state index contributed by atoms with van der Waals surface area (Å²) in [5.74, 6) is -13.8. The van der Waals surface area contributed by atoms with E-state index < -0.39 is 77.1 Å². The van der Waals surface area contributed by atoms with E-state index in [-0.39, 0.29) is 41.4 Å². The molecule has 3 atom stereocenters. The van der Waals surface area contributed by atoms with Gasteiger partial charge in [0.15, 0.2) is 23.2 Å². The number of hydrogen-bond acceptors (Lipinski definition) is 6. The van der Waals surface area contributed by atoms with E-state index in [4.69, 9.17) is 16.3 Å². The first-order valence-electron chi connectivity index (χ1n) is 14.9. The second kappa shape index (κ2) is 15.9. The molecule has 0 unspecified atom stereocenters. The molecule has 0 spiro atoms. The summed E-state index contributed by atoms with van der Waals surface area (Å²) in [6.45, 7) is -0.801. The van der Waals surface area contributed by atoms with Crippen LogP contribution in [0.3, 0.4) is 0 Å². The van der Waals surface area contributed by atoms with Gasteiger partial charge in [-0.25, -0.2) is 8.78 Å². The molecule has 4 N–H and O–H groups in total. The third-order valence-electron chi connectivity index (χ3n) is 8.06. The zero-order chi connectivity index (χ0) is 33.4. The number of nitrogens with one attached hydrogen (secondary N) is 4. The number of carbonyl (C=O) groups is 5. The lowest BCUT2D eigenvalue weighted by atomic mass is 9.84. The first-order valence-corrected chi connectivity index (χ1v) is 15.2. The number of rotatable bonds is 12. The van der Waals surface area contributed by atoms with Crippen LogP contribution in [0.4, 0.5) is 23.2 Å². The zero-order valence-corrected chi connectivity index (χ0v) is 25.4. The highest BCUT2D eigenvalue weighted by atomic mass is 35.5. The maximum absolute atomic E-state index is 14.1. The highest BCUT2D eigenvalue weighted by Gasteiger charge is 2.35. The number of ether oxygens (including phenoxy) is 1. The molecule has 0 aromatic heterocycles. The van der Waals surface area contributed by atoms with Gasteiger partial charge in [0.05, 0.1) is 16.8 Å². The van der Waals surface area contributed by atoms with E-state index >= 15 is 0 Å². The molecule has 2 fully saturated rings. The lowest BCUT2D eigenvalue weighted by Crippen LogP contribution is -2.55. The molecule has 1 aliphatic carbocycles. The number of hydrogen-bond donors (Lipinski definition) is 4. The fourth-order valence-corrected chi connectivity index (χ4v) is 5.76. The monoisotopic (exact) mass is 668 g/mol. The number of Topliss-reactive ketones (excluding diaryl/α,β-unsaturated/α-hetero) is 1. The fourth-order valence-electron chi connectivity index (χ4n) is 5.57. The van der Waals surface area contributed by atoms with Crippen molar-refractivity contribution >= 4 is 46.7 Å². The van der Waals surface area contributed by atoms with E-state index in [9.17, 15) is 41.5 Å². The third-order valence-corrected chi connectivity index (χ3v) is 8.39. The van der Waals surface area contributed by atoms with E-state index in [0.717, 1.165) is 32.1 Å². The normalized spacial score (nSPS) is 17.8. The summed E-state index contributed by atoms with van der Waals surface area (Å²) in [7, 11) is 0. The maximum atomic E-state index is 14.1. The first kappa shape index (κ1) is 34.7. The van der Waals surface area contributed by atoms with Gasteiger partial charge >= 0.3 is 11.8 Å². The average Bonchev–Trinajstić information content (AvgIpc) is 3.44. The van der Waals surface area contributed by atoms with Crippen molar-refractivity contribution in [2.45, 2.75) is 63.5 Å². The van der Waals surface area contributed by atoms with Crippen LogP contribution in [0.2, 0.25) is 5.02 Å². The van der Waals surface area contributed by atoms with Crippen LogP contribution in [0.5, 0.6) is 5.75 Å². The Morgan fingerprint density at radius 3 is 2.20 bits per heavy atom. The summed E-state index contributed by atoms with van der Waals surface area (Å²) in [6, 6.07) is 3.45. The minimum Gasteiger partial charge on any atom is -0.479 e. The molecular formula is C31H33ClF4N4O6. The molecule has 1 heterocycles. The van der Waals surface area contributed by atoms with Gasteiger partial charge in [-0.3, -0.25) is 24.0 Å². The topological polar surface area (TPSA) is 143 Å². The van der Waals surface area contributed by atoms with Crippen LogP contribution >= 0.6 is 11.6 Å². The van der Waals surface area contributed by atoms with E-state index in [2.05, 4.69) is 21.3 Å². The summed E-state index contributed by atoms with van der Waals surface area (Å²) in [5, 5.41) is 10.1. The van der Waals surface area contributed by atoms with Crippen molar-refractivity contribution in [3.8, 4) is 5.75 Å². The van der Waals surface area contributed by atoms with Crippen LogP contribution in [0.15, 0.2) is 30.3 Å². The molecule has 4 rings (SSSR count). The van der Waals surface area contributed by atoms with Crippen molar-refractivity contribution < 1.29 is 46.3 Å². The van der Waals surface area contributed by atoms with E-state index in [1.165, 1.54) is 12.1 Å². The van der Waals surface area contributed by atoms with E-state index in [0.29, 0.717) is 13.0 Å².